The smallest absolute Gasteiger partial charge is 0.240 e. The van der Waals surface area contributed by atoms with Crippen LogP contribution in [0.15, 0.2) is 18.2 Å². The molecule has 0 aromatic carbocycles. The molecule has 5 nitrogen and oxygen atoms in total. The lowest BCUT2D eigenvalue weighted by molar-refractivity contribution is -0.130. The van der Waals surface area contributed by atoms with E-state index < -0.39 is 5.38 Å². The summed E-state index contributed by atoms with van der Waals surface area (Å²) in [6, 6.07) is 5.75. The van der Waals surface area contributed by atoms with Crippen molar-refractivity contribution in [3.05, 3.63) is 18.2 Å². The topological polar surface area (TPSA) is 45.7 Å². The number of hydrogen-bond acceptors (Lipinski definition) is 4. The molecule has 0 spiro atoms. The highest BCUT2D eigenvalue weighted by Crippen LogP contribution is 2.18. The molecular weight excluding hydrogens is 278 g/mol. The highest BCUT2D eigenvalue weighted by atomic mass is 35.5. The number of aromatic nitrogens is 1. The Morgan fingerprint density at radius 3 is 2.70 bits per heavy atom. The summed E-state index contributed by atoms with van der Waals surface area (Å²) in [6.45, 7) is 7.13. The monoisotopic (exact) mass is 297 g/mol. The van der Waals surface area contributed by atoms with E-state index in [9.17, 15) is 4.79 Å². The second-order valence-electron chi connectivity index (χ2n) is 4.70. The summed E-state index contributed by atoms with van der Waals surface area (Å²) in [6.07, 6.45) is 0. The van der Waals surface area contributed by atoms with Crippen molar-refractivity contribution < 1.29 is 9.53 Å². The second kappa shape index (κ2) is 6.79. The third kappa shape index (κ3) is 3.54. The van der Waals surface area contributed by atoms with Crippen LogP contribution in [0.1, 0.15) is 13.8 Å². The first-order valence-electron chi connectivity index (χ1n) is 6.89. The van der Waals surface area contributed by atoms with Crippen molar-refractivity contribution in [2.24, 2.45) is 0 Å². The lowest BCUT2D eigenvalue weighted by Crippen LogP contribution is -2.50. The number of ether oxygens (including phenoxy) is 1. The molecule has 1 unspecified atom stereocenters. The van der Waals surface area contributed by atoms with Gasteiger partial charge in [-0.3, -0.25) is 4.79 Å². The van der Waals surface area contributed by atoms with Gasteiger partial charge in [0.05, 0.1) is 6.61 Å². The van der Waals surface area contributed by atoms with Gasteiger partial charge in [-0.25, -0.2) is 0 Å². The Kier molecular flexibility index (Phi) is 5.06. The Morgan fingerprint density at radius 2 is 2.10 bits per heavy atom. The molecule has 0 aliphatic carbocycles. The fraction of sp³-hybridized carbons (Fsp3) is 0.571. The van der Waals surface area contributed by atoms with Crippen LogP contribution in [0.25, 0.3) is 0 Å². The second-order valence-corrected chi connectivity index (χ2v) is 5.35. The van der Waals surface area contributed by atoms with E-state index in [0.717, 1.165) is 18.9 Å². The lowest BCUT2D eigenvalue weighted by Gasteiger charge is -2.36. The fourth-order valence-electron chi connectivity index (χ4n) is 2.22. The molecular formula is C14H20ClN3O2. The summed E-state index contributed by atoms with van der Waals surface area (Å²) in [5, 5.41) is -0.457. The zero-order valence-corrected chi connectivity index (χ0v) is 12.6. The van der Waals surface area contributed by atoms with Crippen LogP contribution < -0.4 is 9.64 Å². The minimum atomic E-state index is -0.457. The van der Waals surface area contributed by atoms with Crippen LogP contribution in [0.3, 0.4) is 0 Å². The normalized spacial score (nSPS) is 16.9. The Labute approximate surface area is 124 Å². The number of hydrogen-bond donors (Lipinski definition) is 0. The summed E-state index contributed by atoms with van der Waals surface area (Å²) in [5.41, 5.74) is 0. The summed E-state index contributed by atoms with van der Waals surface area (Å²) in [5.74, 6) is 1.53. The maximum atomic E-state index is 11.8. The van der Waals surface area contributed by atoms with Gasteiger partial charge in [-0.2, -0.15) is 4.98 Å². The van der Waals surface area contributed by atoms with E-state index in [2.05, 4.69) is 9.88 Å². The van der Waals surface area contributed by atoms with E-state index in [1.54, 1.807) is 11.8 Å². The van der Waals surface area contributed by atoms with Gasteiger partial charge in [0.2, 0.25) is 11.8 Å². The number of alkyl halides is 1. The zero-order chi connectivity index (χ0) is 14.5. The highest BCUT2D eigenvalue weighted by Gasteiger charge is 2.24. The van der Waals surface area contributed by atoms with Crippen LogP contribution >= 0.6 is 11.6 Å². The average molecular weight is 298 g/mol. The number of nitrogens with zero attached hydrogens (tertiary/aromatic N) is 3. The number of anilines is 1. The van der Waals surface area contributed by atoms with Crippen LogP contribution in [0.5, 0.6) is 5.88 Å². The largest absolute Gasteiger partial charge is 0.478 e. The third-order valence-corrected chi connectivity index (χ3v) is 3.44. The van der Waals surface area contributed by atoms with Crippen LogP contribution in [0.4, 0.5) is 5.82 Å². The Balaban J connectivity index is 1.96. The average Bonchev–Trinajstić information content (AvgIpc) is 2.47. The Bertz CT molecular complexity index is 459. The van der Waals surface area contributed by atoms with Crippen LogP contribution in [0.2, 0.25) is 0 Å². The van der Waals surface area contributed by atoms with Gasteiger partial charge in [0.25, 0.3) is 0 Å². The first kappa shape index (κ1) is 14.9. The highest BCUT2D eigenvalue weighted by molar-refractivity contribution is 6.30. The summed E-state index contributed by atoms with van der Waals surface area (Å²) in [7, 11) is 0. The number of amides is 1. The molecule has 1 amide bonds. The summed E-state index contributed by atoms with van der Waals surface area (Å²) < 4.78 is 5.41. The van der Waals surface area contributed by atoms with Crippen LogP contribution in [0, 0.1) is 0 Å². The number of carbonyl (C=O) groups is 1. The molecule has 6 heteroatoms. The fourth-order valence-corrected chi connectivity index (χ4v) is 2.35. The van der Waals surface area contributed by atoms with E-state index in [1.807, 2.05) is 25.1 Å². The molecule has 0 radical (unpaired) electrons. The van der Waals surface area contributed by atoms with Gasteiger partial charge in [-0.15, -0.1) is 11.6 Å². The van der Waals surface area contributed by atoms with Crippen molar-refractivity contribution in [2.75, 3.05) is 37.7 Å². The number of rotatable bonds is 4. The maximum absolute atomic E-state index is 11.8. The standard InChI is InChI=1S/C14H20ClN3O2/c1-3-20-13-6-4-5-12(16-13)17-7-9-18(10-8-17)14(19)11(2)15/h4-6,11H,3,7-10H2,1-2H3. The maximum Gasteiger partial charge on any atom is 0.240 e. The molecule has 1 aromatic heterocycles. The van der Waals surface area contributed by atoms with E-state index >= 15 is 0 Å². The first-order valence-corrected chi connectivity index (χ1v) is 7.33. The number of carbonyl (C=O) groups excluding carboxylic acids is 1. The van der Waals surface area contributed by atoms with Crippen molar-refractivity contribution in [2.45, 2.75) is 19.2 Å². The van der Waals surface area contributed by atoms with Crippen molar-refractivity contribution in [1.29, 1.82) is 0 Å². The molecule has 110 valence electrons. The van der Waals surface area contributed by atoms with E-state index in [0.29, 0.717) is 25.6 Å². The molecule has 0 N–H and O–H groups in total. The van der Waals surface area contributed by atoms with E-state index in [4.69, 9.17) is 16.3 Å². The third-order valence-electron chi connectivity index (χ3n) is 3.26. The van der Waals surface area contributed by atoms with Gasteiger partial charge in [-0.1, -0.05) is 6.07 Å². The molecule has 1 saturated heterocycles. The predicted molar refractivity (Wildman–Crippen MR) is 79.5 cm³/mol. The van der Waals surface area contributed by atoms with Crippen molar-refractivity contribution in [1.82, 2.24) is 9.88 Å². The molecule has 2 rings (SSSR count). The summed E-state index contributed by atoms with van der Waals surface area (Å²) in [4.78, 5) is 20.2. The first-order chi connectivity index (χ1) is 9.61. The van der Waals surface area contributed by atoms with Gasteiger partial charge in [0.1, 0.15) is 11.2 Å². The lowest BCUT2D eigenvalue weighted by atomic mass is 10.2. The molecule has 20 heavy (non-hydrogen) atoms. The number of pyridine rings is 1. The molecule has 1 aromatic rings. The molecule has 1 aliphatic rings. The van der Waals surface area contributed by atoms with Crippen LogP contribution in [-0.2, 0) is 4.79 Å². The van der Waals surface area contributed by atoms with Gasteiger partial charge in [0.15, 0.2) is 0 Å². The van der Waals surface area contributed by atoms with Gasteiger partial charge < -0.3 is 14.5 Å². The van der Waals surface area contributed by atoms with Gasteiger partial charge in [-0.05, 0) is 19.9 Å². The molecule has 1 atom stereocenters. The summed E-state index contributed by atoms with van der Waals surface area (Å²) >= 11 is 5.84. The number of piperazine rings is 1. The van der Waals surface area contributed by atoms with Crippen molar-refractivity contribution in [3.8, 4) is 5.88 Å². The molecule has 0 saturated carbocycles. The zero-order valence-electron chi connectivity index (χ0n) is 11.9. The Morgan fingerprint density at radius 1 is 1.40 bits per heavy atom. The predicted octanol–water partition coefficient (Wildman–Crippen LogP) is 1.76. The molecule has 1 aliphatic heterocycles. The molecule has 0 bridgehead atoms. The van der Waals surface area contributed by atoms with Gasteiger partial charge >= 0.3 is 0 Å². The molecule has 1 fully saturated rings. The van der Waals surface area contributed by atoms with E-state index in [1.165, 1.54) is 0 Å². The SMILES string of the molecule is CCOc1cccc(N2CCN(C(=O)C(C)Cl)CC2)n1. The molecule has 2 heterocycles. The Hall–Kier alpha value is -1.49. The minimum Gasteiger partial charge on any atom is -0.478 e. The minimum absolute atomic E-state index is 0.00217. The van der Waals surface area contributed by atoms with Crippen molar-refractivity contribution in [3.63, 3.8) is 0 Å². The van der Waals surface area contributed by atoms with Gasteiger partial charge in [0, 0.05) is 32.2 Å². The van der Waals surface area contributed by atoms with Crippen molar-refractivity contribution >= 4 is 23.3 Å². The van der Waals surface area contributed by atoms with Crippen LogP contribution in [-0.4, -0.2) is 54.0 Å². The number of halogens is 1. The van der Waals surface area contributed by atoms with E-state index in [-0.39, 0.29) is 5.91 Å². The quantitative estimate of drug-likeness (QED) is 0.795.